The molecule has 0 unspecified atom stereocenters. The number of carbonyl (C=O) groups is 3. The number of carboxylic acid groups (broad SMARTS) is 1. The predicted molar refractivity (Wildman–Crippen MR) is 95.6 cm³/mol. The highest BCUT2D eigenvalue weighted by molar-refractivity contribution is 6.05. The van der Waals surface area contributed by atoms with Crippen molar-refractivity contribution in [1.29, 1.82) is 0 Å². The number of nitro benzene ring substituents is 1. The monoisotopic (exact) mass is 369 g/mol. The zero-order chi connectivity index (χ0) is 19.8. The molecule has 3 N–H and O–H groups in total. The lowest BCUT2D eigenvalue weighted by Crippen LogP contribution is -2.37. The topological polar surface area (TPSA) is 139 Å². The minimum atomic E-state index is -1.26. The Labute approximate surface area is 153 Å². The first-order valence-corrected chi connectivity index (χ1v) is 7.69. The van der Waals surface area contributed by atoms with E-state index in [4.69, 9.17) is 5.11 Å². The van der Waals surface area contributed by atoms with E-state index >= 15 is 0 Å². The number of nitrogens with one attached hydrogen (secondary N) is 2. The molecule has 2 amide bonds. The number of nitrogens with zero attached hydrogens (tertiary/aromatic N) is 1. The average Bonchev–Trinajstić information content (AvgIpc) is 2.66. The smallest absolute Gasteiger partial charge is 0.322 e. The molecule has 27 heavy (non-hydrogen) atoms. The highest BCUT2D eigenvalue weighted by Crippen LogP contribution is 2.15. The van der Waals surface area contributed by atoms with Gasteiger partial charge in [0.2, 0.25) is 0 Å². The molecule has 138 valence electrons. The van der Waals surface area contributed by atoms with Gasteiger partial charge in [0.05, 0.1) is 4.92 Å². The molecule has 9 nitrogen and oxygen atoms in total. The number of non-ortho nitro benzene ring substituents is 1. The van der Waals surface area contributed by atoms with Crippen LogP contribution in [0.2, 0.25) is 0 Å². The number of nitro groups is 1. The zero-order valence-electron chi connectivity index (χ0n) is 13.9. The van der Waals surface area contributed by atoms with Crippen LogP contribution in [0.25, 0.3) is 6.08 Å². The second-order valence-electron chi connectivity index (χ2n) is 5.31. The number of hydrogen-bond donors (Lipinski definition) is 3. The van der Waals surface area contributed by atoms with Gasteiger partial charge in [-0.05, 0) is 23.8 Å². The van der Waals surface area contributed by atoms with E-state index in [1.54, 1.807) is 18.2 Å². The van der Waals surface area contributed by atoms with Gasteiger partial charge in [0.15, 0.2) is 0 Å². The van der Waals surface area contributed by atoms with Crippen molar-refractivity contribution in [1.82, 2.24) is 10.6 Å². The molecule has 2 aromatic carbocycles. The summed E-state index contributed by atoms with van der Waals surface area (Å²) in [5.41, 5.74) is 0.139. The van der Waals surface area contributed by atoms with Crippen LogP contribution in [0.4, 0.5) is 5.69 Å². The maximum Gasteiger partial charge on any atom is 0.322 e. The van der Waals surface area contributed by atoms with Crippen molar-refractivity contribution < 1.29 is 24.4 Å². The summed E-state index contributed by atoms with van der Waals surface area (Å²) in [4.78, 5) is 45.5. The van der Waals surface area contributed by atoms with Crippen LogP contribution in [-0.2, 0) is 9.59 Å². The molecule has 0 saturated heterocycles. The fourth-order valence-electron chi connectivity index (χ4n) is 2.09. The summed E-state index contributed by atoms with van der Waals surface area (Å²) in [6, 6.07) is 13.5. The summed E-state index contributed by atoms with van der Waals surface area (Å²) in [6.07, 6.45) is 1.23. The average molecular weight is 369 g/mol. The van der Waals surface area contributed by atoms with E-state index in [9.17, 15) is 24.5 Å². The van der Waals surface area contributed by atoms with Gasteiger partial charge in [-0.15, -0.1) is 0 Å². The molecule has 0 aromatic heterocycles. The van der Waals surface area contributed by atoms with Crippen LogP contribution in [0.15, 0.2) is 60.3 Å². The van der Waals surface area contributed by atoms with Gasteiger partial charge in [0.1, 0.15) is 12.2 Å². The molecule has 0 radical (unpaired) electrons. The van der Waals surface area contributed by atoms with Crippen molar-refractivity contribution >= 4 is 29.5 Å². The lowest BCUT2D eigenvalue weighted by Gasteiger charge is -2.10. The van der Waals surface area contributed by atoms with E-state index in [-0.39, 0.29) is 22.5 Å². The number of rotatable bonds is 7. The normalized spacial score (nSPS) is 10.7. The SMILES string of the molecule is O=C(O)CNC(=O)/C(=C/c1cccc([N+](=O)[O-])c1)NC(=O)c1ccccc1. The number of amides is 2. The molecule has 0 spiro atoms. The molecule has 0 aliphatic carbocycles. The summed E-state index contributed by atoms with van der Waals surface area (Å²) >= 11 is 0. The zero-order valence-corrected chi connectivity index (χ0v) is 13.9. The van der Waals surface area contributed by atoms with Crippen molar-refractivity contribution in [3.8, 4) is 0 Å². The van der Waals surface area contributed by atoms with E-state index < -0.39 is 29.3 Å². The van der Waals surface area contributed by atoms with Gasteiger partial charge in [0, 0.05) is 17.7 Å². The quantitative estimate of drug-likeness (QED) is 0.385. The highest BCUT2D eigenvalue weighted by atomic mass is 16.6. The van der Waals surface area contributed by atoms with Crippen LogP contribution in [0.3, 0.4) is 0 Å². The minimum absolute atomic E-state index is 0.191. The van der Waals surface area contributed by atoms with Crippen LogP contribution >= 0.6 is 0 Å². The van der Waals surface area contributed by atoms with Gasteiger partial charge in [-0.25, -0.2) is 0 Å². The van der Waals surface area contributed by atoms with Gasteiger partial charge < -0.3 is 15.7 Å². The Kier molecular flexibility index (Phi) is 6.37. The molecular formula is C18H15N3O6. The Hall–Kier alpha value is -4.01. The molecule has 0 fully saturated rings. The first kappa shape index (κ1) is 19.3. The van der Waals surface area contributed by atoms with Crippen molar-refractivity contribution in [3.05, 3.63) is 81.5 Å². The largest absolute Gasteiger partial charge is 0.480 e. The lowest BCUT2D eigenvalue weighted by molar-refractivity contribution is -0.384. The molecular weight excluding hydrogens is 354 g/mol. The summed E-state index contributed by atoms with van der Waals surface area (Å²) in [5, 5.41) is 24.1. The third kappa shape index (κ3) is 5.78. The summed E-state index contributed by atoms with van der Waals surface area (Å²) in [6.45, 7) is -0.647. The number of hydrogen-bond acceptors (Lipinski definition) is 5. The van der Waals surface area contributed by atoms with E-state index in [0.29, 0.717) is 0 Å². The van der Waals surface area contributed by atoms with Crippen LogP contribution < -0.4 is 10.6 Å². The van der Waals surface area contributed by atoms with E-state index in [1.807, 2.05) is 0 Å². The van der Waals surface area contributed by atoms with E-state index in [2.05, 4.69) is 10.6 Å². The number of carbonyl (C=O) groups excluding carboxylic acids is 2. The van der Waals surface area contributed by atoms with Crippen LogP contribution in [-0.4, -0.2) is 34.4 Å². The molecule has 0 saturated carbocycles. The summed E-state index contributed by atoms with van der Waals surface area (Å²) in [7, 11) is 0. The molecule has 9 heteroatoms. The maximum atomic E-state index is 12.3. The second kappa shape index (κ2) is 8.90. The highest BCUT2D eigenvalue weighted by Gasteiger charge is 2.16. The van der Waals surface area contributed by atoms with Crippen molar-refractivity contribution in [3.63, 3.8) is 0 Å². The van der Waals surface area contributed by atoms with E-state index in [1.165, 1.54) is 42.5 Å². The van der Waals surface area contributed by atoms with Crippen molar-refractivity contribution in [2.24, 2.45) is 0 Å². The number of aliphatic carboxylic acids is 1. The fourth-order valence-corrected chi connectivity index (χ4v) is 2.09. The van der Waals surface area contributed by atoms with E-state index in [0.717, 1.165) is 0 Å². The second-order valence-corrected chi connectivity index (χ2v) is 5.31. The fraction of sp³-hybridized carbons (Fsp3) is 0.0556. The Balaban J connectivity index is 2.32. The van der Waals surface area contributed by atoms with Crippen molar-refractivity contribution in [2.45, 2.75) is 0 Å². The number of carboxylic acids is 1. The summed E-state index contributed by atoms with van der Waals surface area (Å²) < 4.78 is 0. The Morgan fingerprint density at radius 3 is 2.41 bits per heavy atom. The molecule has 2 aromatic rings. The van der Waals surface area contributed by atoms with Gasteiger partial charge in [-0.3, -0.25) is 24.5 Å². The van der Waals surface area contributed by atoms with Gasteiger partial charge in [-0.1, -0.05) is 30.3 Å². The third-order valence-corrected chi connectivity index (χ3v) is 3.32. The first-order valence-electron chi connectivity index (χ1n) is 7.69. The summed E-state index contributed by atoms with van der Waals surface area (Å²) in [5.74, 6) is -2.68. The van der Waals surface area contributed by atoms with Gasteiger partial charge >= 0.3 is 5.97 Å². The maximum absolute atomic E-state index is 12.3. The van der Waals surface area contributed by atoms with Gasteiger partial charge in [0.25, 0.3) is 17.5 Å². The first-order chi connectivity index (χ1) is 12.9. The Bertz CT molecular complexity index is 908. The van der Waals surface area contributed by atoms with Crippen LogP contribution in [0.5, 0.6) is 0 Å². The van der Waals surface area contributed by atoms with Gasteiger partial charge in [-0.2, -0.15) is 0 Å². The lowest BCUT2D eigenvalue weighted by atomic mass is 10.1. The molecule has 2 rings (SSSR count). The predicted octanol–water partition coefficient (Wildman–Crippen LogP) is 1.57. The standard InChI is InChI=1S/C18H15N3O6/c22-16(23)11-19-18(25)15(20-17(24)13-6-2-1-3-7-13)10-12-5-4-8-14(9-12)21(26)27/h1-10H,11H2,(H,19,25)(H,20,24)(H,22,23)/b15-10-. The molecule has 0 heterocycles. The van der Waals surface area contributed by atoms with Crippen LogP contribution in [0, 0.1) is 10.1 Å². The molecule has 0 aliphatic heterocycles. The minimum Gasteiger partial charge on any atom is -0.480 e. The Morgan fingerprint density at radius 2 is 1.78 bits per heavy atom. The van der Waals surface area contributed by atoms with Crippen molar-refractivity contribution in [2.75, 3.05) is 6.54 Å². The Morgan fingerprint density at radius 1 is 1.07 bits per heavy atom. The molecule has 0 bridgehead atoms. The number of benzene rings is 2. The third-order valence-electron chi connectivity index (χ3n) is 3.32. The van der Waals surface area contributed by atoms with Crippen LogP contribution in [0.1, 0.15) is 15.9 Å². The molecule has 0 atom stereocenters. The molecule has 0 aliphatic rings.